The Balaban J connectivity index is 1.45. The summed E-state index contributed by atoms with van der Waals surface area (Å²) >= 11 is 0. The highest BCUT2D eigenvalue weighted by Gasteiger charge is 2.15. The number of hydrogen-bond donors (Lipinski definition) is 3. The number of hydrogen-bond acceptors (Lipinski definition) is 3. The van der Waals surface area contributed by atoms with Crippen LogP contribution < -0.4 is 10.6 Å². The Labute approximate surface area is 180 Å². The van der Waals surface area contributed by atoms with E-state index >= 15 is 0 Å². The van der Waals surface area contributed by atoms with Crippen molar-refractivity contribution in [2.75, 3.05) is 6.54 Å². The molecule has 0 radical (unpaired) electrons. The lowest BCUT2D eigenvalue weighted by Crippen LogP contribution is -2.35. The molecular formula is C25H23N3O3. The fraction of sp³-hybridized carbons (Fsp3) is 0.120. The van der Waals surface area contributed by atoms with E-state index in [-0.39, 0.29) is 17.5 Å². The van der Waals surface area contributed by atoms with E-state index in [1.165, 1.54) is 12.3 Å². The molecule has 2 heterocycles. The monoisotopic (exact) mass is 413 g/mol. The smallest absolute Gasteiger partial charge is 0.267 e. The van der Waals surface area contributed by atoms with E-state index in [4.69, 9.17) is 4.42 Å². The number of rotatable bonds is 7. The fourth-order valence-electron chi connectivity index (χ4n) is 3.32. The van der Waals surface area contributed by atoms with Gasteiger partial charge in [-0.2, -0.15) is 0 Å². The minimum atomic E-state index is -0.378. The summed E-state index contributed by atoms with van der Waals surface area (Å²) in [6, 6.07) is 18.6. The molecule has 0 fully saturated rings. The largest absolute Gasteiger partial charge is 0.465 e. The Hall–Kier alpha value is -4.06. The van der Waals surface area contributed by atoms with Crippen molar-refractivity contribution in [3.8, 4) is 0 Å². The quantitative estimate of drug-likeness (QED) is 0.397. The Morgan fingerprint density at radius 2 is 1.84 bits per heavy atom. The van der Waals surface area contributed by atoms with Crippen molar-refractivity contribution in [3.05, 3.63) is 101 Å². The van der Waals surface area contributed by atoms with Gasteiger partial charge in [0.05, 0.1) is 6.26 Å². The zero-order chi connectivity index (χ0) is 21.6. The molecular weight excluding hydrogens is 390 g/mol. The second-order valence-corrected chi connectivity index (χ2v) is 7.26. The third-order valence-corrected chi connectivity index (χ3v) is 4.99. The molecule has 0 spiro atoms. The molecule has 4 rings (SSSR count). The molecule has 31 heavy (non-hydrogen) atoms. The minimum Gasteiger partial charge on any atom is -0.465 e. The summed E-state index contributed by atoms with van der Waals surface area (Å²) in [5.41, 5.74) is 3.84. The highest BCUT2D eigenvalue weighted by atomic mass is 16.3. The van der Waals surface area contributed by atoms with Gasteiger partial charge in [-0.1, -0.05) is 35.9 Å². The van der Waals surface area contributed by atoms with Crippen molar-refractivity contribution in [1.82, 2.24) is 15.6 Å². The number of nitrogens with one attached hydrogen (secondary N) is 3. The van der Waals surface area contributed by atoms with Gasteiger partial charge in [-0.3, -0.25) is 9.59 Å². The number of benzene rings is 2. The van der Waals surface area contributed by atoms with Crippen molar-refractivity contribution in [1.29, 1.82) is 0 Å². The summed E-state index contributed by atoms with van der Waals surface area (Å²) in [4.78, 5) is 28.7. The van der Waals surface area contributed by atoms with E-state index in [1.807, 2.05) is 49.5 Å². The normalized spacial score (nSPS) is 11.5. The molecule has 0 saturated carbocycles. The summed E-state index contributed by atoms with van der Waals surface area (Å²) in [5.74, 6) is -0.257. The van der Waals surface area contributed by atoms with Crippen molar-refractivity contribution in [2.45, 2.75) is 13.3 Å². The van der Waals surface area contributed by atoms with Gasteiger partial charge in [0.25, 0.3) is 11.8 Å². The summed E-state index contributed by atoms with van der Waals surface area (Å²) < 4.78 is 5.32. The number of carbonyl (C=O) groups is 2. The Morgan fingerprint density at radius 1 is 1.03 bits per heavy atom. The highest BCUT2D eigenvalue weighted by molar-refractivity contribution is 6.05. The third kappa shape index (κ3) is 4.93. The molecule has 4 aromatic rings. The van der Waals surface area contributed by atoms with Crippen LogP contribution in [-0.2, 0) is 11.2 Å². The van der Waals surface area contributed by atoms with Gasteiger partial charge in [-0.25, -0.2) is 0 Å². The predicted molar refractivity (Wildman–Crippen MR) is 120 cm³/mol. The Bertz CT molecular complexity index is 1220. The number of aromatic nitrogens is 1. The molecule has 0 saturated heterocycles. The SMILES string of the molecule is Cc1ccc(C(=O)NC(=Cc2ccco2)C(=O)NCCc2c[nH]c3ccccc23)cc1. The van der Waals surface area contributed by atoms with Crippen LogP contribution >= 0.6 is 0 Å². The number of furan rings is 1. The van der Waals surface area contributed by atoms with Crippen LogP contribution in [0.5, 0.6) is 0 Å². The highest BCUT2D eigenvalue weighted by Crippen LogP contribution is 2.17. The lowest BCUT2D eigenvalue weighted by molar-refractivity contribution is -0.117. The average Bonchev–Trinajstić information content (AvgIpc) is 3.44. The summed E-state index contributed by atoms with van der Waals surface area (Å²) in [6.07, 6.45) is 5.65. The lowest BCUT2D eigenvalue weighted by atomic mass is 10.1. The summed E-state index contributed by atoms with van der Waals surface area (Å²) in [7, 11) is 0. The first-order valence-electron chi connectivity index (χ1n) is 10.1. The van der Waals surface area contributed by atoms with Gasteiger partial charge in [0.1, 0.15) is 11.5 Å². The number of aryl methyl sites for hydroxylation is 1. The fourth-order valence-corrected chi connectivity index (χ4v) is 3.32. The Morgan fingerprint density at radius 3 is 2.61 bits per heavy atom. The Kier molecular flexibility index (Phi) is 5.98. The van der Waals surface area contributed by atoms with Crippen molar-refractivity contribution >= 4 is 28.8 Å². The van der Waals surface area contributed by atoms with Crippen LogP contribution in [-0.4, -0.2) is 23.3 Å². The van der Waals surface area contributed by atoms with Crippen molar-refractivity contribution in [2.24, 2.45) is 0 Å². The van der Waals surface area contributed by atoms with E-state index < -0.39 is 0 Å². The molecule has 156 valence electrons. The molecule has 0 aliphatic carbocycles. The zero-order valence-corrected chi connectivity index (χ0v) is 17.1. The van der Waals surface area contributed by atoms with E-state index in [2.05, 4.69) is 15.6 Å². The van der Waals surface area contributed by atoms with Gasteiger partial charge < -0.3 is 20.0 Å². The summed E-state index contributed by atoms with van der Waals surface area (Å²) in [6.45, 7) is 2.38. The number of carbonyl (C=O) groups excluding carboxylic acids is 2. The molecule has 2 aromatic carbocycles. The number of fused-ring (bicyclic) bond motifs is 1. The van der Waals surface area contributed by atoms with Gasteiger partial charge in [-0.15, -0.1) is 0 Å². The first kappa shape index (κ1) is 20.2. The lowest BCUT2D eigenvalue weighted by Gasteiger charge is -2.11. The zero-order valence-electron chi connectivity index (χ0n) is 17.1. The average molecular weight is 413 g/mol. The topological polar surface area (TPSA) is 87.1 Å². The van der Waals surface area contributed by atoms with Gasteiger partial charge in [0.2, 0.25) is 0 Å². The van der Waals surface area contributed by atoms with Crippen molar-refractivity contribution < 1.29 is 14.0 Å². The van der Waals surface area contributed by atoms with Gasteiger partial charge in [0, 0.05) is 35.3 Å². The standard InChI is InChI=1S/C25H23N3O3/c1-17-8-10-18(11-9-17)24(29)28-23(15-20-5-4-14-31-20)25(30)26-13-12-19-16-27-22-7-3-2-6-21(19)22/h2-11,14-16,27H,12-13H2,1H3,(H,26,30)(H,28,29). The van der Waals surface area contributed by atoms with E-state index in [1.54, 1.807) is 24.3 Å². The van der Waals surface area contributed by atoms with E-state index in [0.717, 1.165) is 22.0 Å². The molecule has 6 heteroatoms. The first-order valence-corrected chi connectivity index (χ1v) is 10.1. The molecule has 0 aliphatic heterocycles. The molecule has 0 aliphatic rings. The van der Waals surface area contributed by atoms with Crippen LogP contribution in [0.15, 0.2) is 83.2 Å². The van der Waals surface area contributed by atoms with Crippen molar-refractivity contribution in [3.63, 3.8) is 0 Å². The van der Waals surface area contributed by atoms with Crippen LogP contribution in [0.3, 0.4) is 0 Å². The van der Waals surface area contributed by atoms with Crippen LogP contribution in [0.1, 0.15) is 27.2 Å². The maximum absolute atomic E-state index is 12.8. The number of H-pyrrole nitrogens is 1. The molecule has 2 aromatic heterocycles. The van der Waals surface area contributed by atoms with Crippen LogP contribution in [0.2, 0.25) is 0 Å². The molecule has 0 unspecified atom stereocenters. The second-order valence-electron chi connectivity index (χ2n) is 7.26. The number of amides is 2. The molecule has 2 amide bonds. The molecule has 6 nitrogen and oxygen atoms in total. The van der Waals surface area contributed by atoms with E-state index in [9.17, 15) is 9.59 Å². The van der Waals surface area contributed by atoms with Gasteiger partial charge in [-0.05, 0) is 49.2 Å². The molecule has 0 bridgehead atoms. The van der Waals surface area contributed by atoms with Crippen LogP contribution in [0.25, 0.3) is 17.0 Å². The first-order chi connectivity index (χ1) is 15.1. The number of para-hydroxylation sites is 1. The molecule has 3 N–H and O–H groups in total. The number of aromatic amines is 1. The predicted octanol–water partition coefficient (Wildman–Crippen LogP) is 4.20. The van der Waals surface area contributed by atoms with Gasteiger partial charge in [0.15, 0.2) is 0 Å². The van der Waals surface area contributed by atoms with Crippen LogP contribution in [0, 0.1) is 6.92 Å². The second kappa shape index (κ2) is 9.17. The third-order valence-electron chi connectivity index (χ3n) is 4.99. The minimum absolute atomic E-state index is 0.124. The van der Waals surface area contributed by atoms with Crippen LogP contribution in [0.4, 0.5) is 0 Å². The summed E-state index contributed by atoms with van der Waals surface area (Å²) in [5, 5.41) is 6.73. The molecule has 0 atom stereocenters. The maximum Gasteiger partial charge on any atom is 0.267 e. The van der Waals surface area contributed by atoms with Gasteiger partial charge >= 0.3 is 0 Å². The maximum atomic E-state index is 12.8. The van der Waals surface area contributed by atoms with E-state index in [0.29, 0.717) is 24.3 Å².